The van der Waals surface area contributed by atoms with Gasteiger partial charge in [0, 0.05) is 0 Å². The molecule has 24 saturated carbocycles. The Balaban J connectivity index is 0.0000000646. The summed E-state index contributed by atoms with van der Waals surface area (Å²) in [4.78, 5) is 0. The molecule has 0 aromatic rings. The maximum atomic E-state index is 1.64. The van der Waals surface area contributed by atoms with Gasteiger partial charge in [-0.05, 0) is 319 Å². The van der Waals surface area contributed by atoms with E-state index in [1.54, 1.807) is 173 Å². The van der Waals surface area contributed by atoms with Gasteiger partial charge in [-0.1, -0.05) is 32.1 Å². The smallest absolute Gasteiger partial charge is 0.0312 e. The Bertz CT molecular complexity index is 1350. The third-order valence-corrected chi connectivity index (χ3v) is 26.8. The lowest BCUT2D eigenvalue weighted by atomic mass is 9.01. The van der Waals surface area contributed by atoms with Gasteiger partial charge in [-0.15, -0.1) is 0 Å². The van der Waals surface area contributed by atoms with E-state index in [0.29, 0.717) is 0 Å². The van der Waals surface area contributed by atoms with Gasteiger partial charge in [0.2, 0.25) is 0 Å². The minimum Gasteiger partial charge on any atom is -0.0528 e. The van der Waals surface area contributed by atoms with Crippen LogP contribution in [0.15, 0.2) is 0 Å². The van der Waals surface area contributed by atoms with E-state index in [-0.39, 0.29) is 0 Å². The Kier molecular flexibility index (Phi) is 7.49. The minimum absolute atomic E-state index is 1.17. The first-order valence-electron chi connectivity index (χ1n) is 28.2. The third kappa shape index (κ3) is 4.82. The summed E-state index contributed by atoms with van der Waals surface area (Å²) in [6, 6.07) is 0. The predicted octanol–water partition coefficient (Wildman–Crippen LogP) is 14.2. The molecule has 24 rings (SSSR count). The van der Waals surface area contributed by atoms with Crippen LogP contribution < -0.4 is 0 Å². The normalized spacial score (nSPS) is 68.2. The quantitative estimate of drug-likeness (QED) is 0.215. The van der Waals surface area contributed by atoms with Gasteiger partial charge >= 0.3 is 0 Å². The molecule has 312 valence electrons. The maximum absolute atomic E-state index is 1.64. The second-order valence-electron chi connectivity index (χ2n) is 28.1. The van der Waals surface area contributed by atoms with E-state index >= 15 is 0 Å². The summed E-state index contributed by atoms with van der Waals surface area (Å²) in [5, 5.41) is 0. The van der Waals surface area contributed by atoms with E-state index < -0.39 is 0 Å². The molecule has 0 heteroatoms. The van der Waals surface area contributed by atoms with Gasteiger partial charge in [0.05, 0.1) is 0 Å². The van der Waals surface area contributed by atoms with Gasteiger partial charge in [0.25, 0.3) is 0 Å². The van der Waals surface area contributed by atoms with Crippen molar-refractivity contribution in [2.45, 2.75) is 173 Å². The molecule has 24 aliphatic carbocycles. The van der Waals surface area contributed by atoms with Crippen molar-refractivity contribution in [3.8, 4) is 0 Å². The second kappa shape index (κ2) is 12.4. The number of rotatable bonds is 0. The van der Waals surface area contributed by atoms with Crippen molar-refractivity contribution in [1.29, 1.82) is 0 Å². The van der Waals surface area contributed by atoms with E-state index in [0.717, 1.165) is 0 Å². The van der Waals surface area contributed by atoms with Crippen LogP contribution in [0.5, 0.6) is 0 Å². The molecular formula is C57H84. The van der Waals surface area contributed by atoms with Crippen LogP contribution in [-0.2, 0) is 0 Å². The molecule has 24 aliphatic rings. The number of hydrogen-bond acceptors (Lipinski definition) is 0. The maximum Gasteiger partial charge on any atom is -0.0312 e. The lowest BCUT2D eigenvalue weighted by molar-refractivity contribution is -0.565. The van der Waals surface area contributed by atoms with Crippen molar-refractivity contribution in [3.63, 3.8) is 0 Å². The zero-order valence-corrected chi connectivity index (χ0v) is 36.4. The van der Waals surface area contributed by atoms with Crippen LogP contribution in [0, 0.1) is 178 Å². The van der Waals surface area contributed by atoms with Crippen molar-refractivity contribution in [3.05, 3.63) is 0 Å². The van der Waals surface area contributed by atoms with Gasteiger partial charge in [0.15, 0.2) is 0 Å². The Morgan fingerprint density at radius 2 is 0.474 bits per heavy atom. The predicted molar refractivity (Wildman–Crippen MR) is 229 cm³/mol. The van der Waals surface area contributed by atoms with Gasteiger partial charge in [-0.25, -0.2) is 0 Å². The molecule has 0 nitrogen and oxygen atoms in total. The van der Waals surface area contributed by atoms with Crippen molar-refractivity contribution in [2.75, 3.05) is 0 Å². The first kappa shape index (κ1) is 34.5. The minimum atomic E-state index is 1.17. The lowest BCUT2D eigenvalue weighted by Crippen LogP contribution is -3.00. The summed E-state index contributed by atoms with van der Waals surface area (Å²) in [6.45, 7) is 0. The lowest BCUT2D eigenvalue weighted by Gasteiger charge is -3.03. The second-order valence-corrected chi connectivity index (χ2v) is 28.1. The number of fused-ring (bicyclic) bond motifs is 17. The molecule has 0 amide bonds. The van der Waals surface area contributed by atoms with Crippen LogP contribution in [-0.4, -0.2) is 0 Å². The highest BCUT2D eigenvalue weighted by molar-refractivity contribution is 5.44. The van der Waals surface area contributed by atoms with E-state index in [1.807, 2.05) is 0 Å². The van der Waals surface area contributed by atoms with E-state index in [1.165, 1.54) is 178 Å². The summed E-state index contributed by atoms with van der Waals surface area (Å²) in [5.41, 5.74) is 0. The molecular weight excluding hydrogens is 685 g/mol. The summed E-state index contributed by atoms with van der Waals surface area (Å²) in [6.07, 6.45) is 43.2. The molecule has 0 N–H and O–H groups in total. The highest BCUT2D eigenvalue weighted by Crippen LogP contribution is 3.01. The van der Waals surface area contributed by atoms with E-state index in [2.05, 4.69) is 0 Å². The monoisotopic (exact) mass is 769 g/mol. The van der Waals surface area contributed by atoms with Crippen molar-refractivity contribution >= 4 is 0 Å². The van der Waals surface area contributed by atoms with Crippen LogP contribution >= 0.6 is 0 Å². The van der Waals surface area contributed by atoms with Crippen LogP contribution in [0.2, 0.25) is 0 Å². The molecule has 0 aromatic carbocycles. The van der Waals surface area contributed by atoms with Crippen LogP contribution in [0.4, 0.5) is 0 Å². The molecule has 0 spiro atoms. The molecule has 12 unspecified atom stereocenters. The van der Waals surface area contributed by atoms with Gasteiger partial charge < -0.3 is 0 Å². The highest BCUT2D eigenvalue weighted by Gasteiger charge is 2.97. The van der Waals surface area contributed by atoms with Crippen molar-refractivity contribution in [1.82, 2.24) is 0 Å². The van der Waals surface area contributed by atoms with Crippen molar-refractivity contribution in [2.24, 2.45) is 178 Å². The SMILES string of the molecule is C12C3C4C1C1C2C3C41.C1C2CC3C1C3C2.C1C2CC3CC1CC(C2)C3.C1CC2CC1C1C3CCC(C3)C21.C1CC2CC1C1CCC21.C1CC2CCCC2C2CC2C1. The first-order chi connectivity index (χ1) is 28.2. The Labute approximate surface area is 349 Å². The Morgan fingerprint density at radius 1 is 0.158 bits per heavy atom. The fourth-order valence-corrected chi connectivity index (χ4v) is 25.1. The fraction of sp³-hybridized carbons (Fsp3) is 1.00. The topological polar surface area (TPSA) is 0 Å². The van der Waals surface area contributed by atoms with Gasteiger partial charge in [-0.3, -0.25) is 0 Å². The molecule has 0 aliphatic heterocycles. The van der Waals surface area contributed by atoms with E-state index in [9.17, 15) is 0 Å². The van der Waals surface area contributed by atoms with Crippen LogP contribution in [0.25, 0.3) is 0 Å². The highest BCUT2D eigenvalue weighted by atomic mass is 15.0. The van der Waals surface area contributed by atoms with Gasteiger partial charge in [-0.2, -0.15) is 0 Å². The summed E-state index contributed by atoms with van der Waals surface area (Å²) in [5.74, 6) is 37.3. The molecule has 0 saturated heterocycles. The summed E-state index contributed by atoms with van der Waals surface area (Å²) >= 11 is 0. The standard InChI is InChI=1S/C12H18.C11H18.C10H16.C9H14.C8H8.C7H10/c1-2-8-5-7(1)11-9-3-4-10(6-9)12(8)11;1-3-8-4-2-6-10(8)11-7-9(11)5-1;1-7-2-9-4-8(1)5-10(3-7)6-9;1-2-7-5-6(1)8-3-4-9(7)8;1-2-5-3(1)7-4(1)6(2)8(5)7;1-4-2-6-5(1)7(6)3-4/h7-12H,1-6H2;8-11H,1-7H2;7-10H,1-6H2;6-9H,1-5H2;1-8H;4-7H,1-3H2. The molecule has 12 atom stereocenters. The number of hydrogen-bond donors (Lipinski definition) is 0. The Morgan fingerprint density at radius 3 is 0.842 bits per heavy atom. The van der Waals surface area contributed by atoms with Gasteiger partial charge in [0.1, 0.15) is 0 Å². The fourth-order valence-electron chi connectivity index (χ4n) is 25.1. The summed E-state index contributed by atoms with van der Waals surface area (Å²) < 4.78 is 0. The zero-order chi connectivity index (χ0) is 36.4. The summed E-state index contributed by atoms with van der Waals surface area (Å²) in [7, 11) is 0. The largest absolute Gasteiger partial charge is 0.0528 e. The molecule has 0 radical (unpaired) electrons. The average Bonchev–Trinajstić information content (AvgIpc) is 3.97. The molecule has 0 heterocycles. The third-order valence-electron chi connectivity index (χ3n) is 26.8. The molecule has 0 aromatic heterocycles. The molecule has 57 heavy (non-hydrogen) atoms. The van der Waals surface area contributed by atoms with Crippen LogP contribution in [0.1, 0.15) is 173 Å². The zero-order valence-electron chi connectivity index (χ0n) is 36.4. The van der Waals surface area contributed by atoms with E-state index in [4.69, 9.17) is 0 Å². The van der Waals surface area contributed by atoms with Crippen LogP contribution in [0.3, 0.4) is 0 Å². The first-order valence-corrected chi connectivity index (χ1v) is 28.2. The molecule has 24 fully saturated rings. The average molecular weight is 769 g/mol. The molecule has 14 bridgehead atoms. The van der Waals surface area contributed by atoms with Crippen molar-refractivity contribution < 1.29 is 0 Å². The Hall–Kier alpha value is 0.